The average molecular weight is 220 g/mol. The molecule has 13 heavy (non-hydrogen) atoms. The number of anilines is 1. The van der Waals surface area contributed by atoms with Crippen LogP contribution in [0, 0.1) is 0 Å². The number of ketones is 1. The Labute approximate surface area is 88.5 Å². The van der Waals surface area contributed by atoms with Gasteiger partial charge >= 0.3 is 0 Å². The van der Waals surface area contributed by atoms with Crippen LogP contribution in [0.4, 0.5) is 5.69 Å². The molecule has 0 unspecified atom stereocenters. The third kappa shape index (κ3) is 2.90. The van der Waals surface area contributed by atoms with Gasteiger partial charge in [0.25, 0.3) is 0 Å². The molecule has 0 saturated heterocycles. The zero-order valence-electron chi connectivity index (χ0n) is 7.21. The lowest BCUT2D eigenvalue weighted by Gasteiger charge is -2.02. The highest BCUT2D eigenvalue weighted by Crippen LogP contribution is 2.15. The second-order valence-electron chi connectivity index (χ2n) is 2.61. The minimum absolute atomic E-state index is 0. The van der Waals surface area contributed by atoms with Crippen LogP contribution in [0.3, 0.4) is 0 Å². The van der Waals surface area contributed by atoms with Gasteiger partial charge in [-0.3, -0.25) is 4.79 Å². The van der Waals surface area contributed by atoms with Gasteiger partial charge in [-0.15, -0.1) is 24.0 Å². The highest BCUT2D eigenvalue weighted by molar-refractivity contribution is 6.17. The van der Waals surface area contributed by atoms with E-state index in [-0.39, 0.29) is 18.2 Å². The molecule has 4 heteroatoms. The fraction of sp³-hybridized carbons (Fsp3) is 0.222. The summed E-state index contributed by atoms with van der Waals surface area (Å²) in [5, 5.41) is 0. The molecule has 2 nitrogen and oxygen atoms in total. The Morgan fingerprint density at radius 2 is 2.15 bits per heavy atom. The van der Waals surface area contributed by atoms with E-state index in [1.807, 2.05) is 0 Å². The summed E-state index contributed by atoms with van der Waals surface area (Å²) >= 11 is 5.59. The normalized spacial score (nSPS) is 9.08. The lowest BCUT2D eigenvalue weighted by Crippen LogP contribution is -1.99. The van der Waals surface area contributed by atoms with Gasteiger partial charge < -0.3 is 5.73 Å². The second kappa shape index (κ2) is 5.10. The zero-order valence-corrected chi connectivity index (χ0v) is 8.78. The Morgan fingerprint density at radius 1 is 1.54 bits per heavy atom. The standard InChI is InChI=1S/C9H10ClNO.ClH/c1-6(12)8-3-2-7(5-10)4-9(8)11;/h2-4H,5,11H2,1H3;1H. The van der Waals surface area contributed by atoms with E-state index in [1.54, 1.807) is 18.2 Å². The first-order valence-corrected chi connectivity index (χ1v) is 4.14. The third-order valence-electron chi connectivity index (χ3n) is 1.65. The largest absolute Gasteiger partial charge is 0.398 e. The number of alkyl halides is 1. The van der Waals surface area contributed by atoms with E-state index < -0.39 is 0 Å². The van der Waals surface area contributed by atoms with E-state index >= 15 is 0 Å². The summed E-state index contributed by atoms with van der Waals surface area (Å²) < 4.78 is 0. The minimum Gasteiger partial charge on any atom is -0.398 e. The molecule has 0 saturated carbocycles. The molecule has 0 bridgehead atoms. The molecule has 0 radical (unpaired) electrons. The van der Waals surface area contributed by atoms with Crippen LogP contribution in [0.25, 0.3) is 0 Å². The molecule has 0 atom stereocenters. The minimum atomic E-state index is -0.0198. The first kappa shape index (κ1) is 12.3. The van der Waals surface area contributed by atoms with Crippen molar-refractivity contribution >= 4 is 35.5 Å². The number of hydrogen-bond donors (Lipinski definition) is 1. The Hall–Kier alpha value is -0.730. The zero-order chi connectivity index (χ0) is 9.14. The quantitative estimate of drug-likeness (QED) is 0.473. The Kier molecular flexibility index (Phi) is 4.81. The van der Waals surface area contributed by atoms with Crippen molar-refractivity contribution in [2.24, 2.45) is 0 Å². The van der Waals surface area contributed by atoms with E-state index in [9.17, 15) is 4.79 Å². The van der Waals surface area contributed by atoms with Crippen LogP contribution in [0.15, 0.2) is 18.2 Å². The van der Waals surface area contributed by atoms with Crippen molar-refractivity contribution < 1.29 is 4.79 Å². The lowest BCUT2D eigenvalue weighted by molar-refractivity contribution is 0.101. The molecule has 1 aromatic rings. The summed E-state index contributed by atoms with van der Waals surface area (Å²) in [6, 6.07) is 5.24. The summed E-state index contributed by atoms with van der Waals surface area (Å²) in [7, 11) is 0. The Morgan fingerprint density at radius 3 is 2.54 bits per heavy atom. The lowest BCUT2D eigenvalue weighted by atomic mass is 10.1. The van der Waals surface area contributed by atoms with E-state index in [4.69, 9.17) is 17.3 Å². The van der Waals surface area contributed by atoms with Crippen molar-refractivity contribution in [3.05, 3.63) is 29.3 Å². The topological polar surface area (TPSA) is 43.1 Å². The molecule has 72 valence electrons. The maximum atomic E-state index is 11.0. The van der Waals surface area contributed by atoms with Crippen LogP contribution in [0.1, 0.15) is 22.8 Å². The molecular formula is C9H11Cl2NO. The maximum Gasteiger partial charge on any atom is 0.161 e. The smallest absolute Gasteiger partial charge is 0.161 e. The van der Waals surface area contributed by atoms with Crippen LogP contribution in [0.2, 0.25) is 0 Å². The van der Waals surface area contributed by atoms with E-state index in [0.717, 1.165) is 5.56 Å². The van der Waals surface area contributed by atoms with Gasteiger partial charge in [-0.25, -0.2) is 0 Å². The number of benzene rings is 1. The van der Waals surface area contributed by atoms with E-state index in [1.165, 1.54) is 6.92 Å². The summed E-state index contributed by atoms with van der Waals surface area (Å²) in [6.45, 7) is 1.49. The Bertz CT molecular complexity index is 312. The molecule has 0 heterocycles. The Balaban J connectivity index is 0.00000144. The van der Waals surface area contributed by atoms with Crippen molar-refractivity contribution in [2.45, 2.75) is 12.8 Å². The van der Waals surface area contributed by atoms with Gasteiger partial charge in [0.15, 0.2) is 5.78 Å². The molecule has 1 aromatic carbocycles. The molecule has 0 aliphatic heterocycles. The van der Waals surface area contributed by atoms with Gasteiger partial charge in [0.2, 0.25) is 0 Å². The molecule has 0 amide bonds. The van der Waals surface area contributed by atoms with Gasteiger partial charge in [0.1, 0.15) is 0 Å². The number of rotatable bonds is 2. The predicted octanol–water partition coefficient (Wildman–Crippen LogP) is 2.63. The summed E-state index contributed by atoms with van der Waals surface area (Å²) in [4.78, 5) is 11.0. The van der Waals surface area contributed by atoms with Crippen LogP contribution in [-0.4, -0.2) is 5.78 Å². The number of carbonyl (C=O) groups is 1. The average Bonchev–Trinajstić information content (AvgIpc) is 2.03. The summed E-state index contributed by atoms with van der Waals surface area (Å²) in [5.41, 5.74) is 7.61. The molecule has 0 spiro atoms. The highest BCUT2D eigenvalue weighted by Gasteiger charge is 2.03. The number of nitrogens with two attached hydrogens (primary N) is 1. The number of nitrogen functional groups attached to an aromatic ring is 1. The van der Waals surface area contributed by atoms with Crippen molar-refractivity contribution in [3.8, 4) is 0 Å². The number of hydrogen-bond acceptors (Lipinski definition) is 2. The first-order chi connectivity index (χ1) is 5.65. The monoisotopic (exact) mass is 219 g/mol. The summed E-state index contributed by atoms with van der Waals surface area (Å²) in [5.74, 6) is 0.399. The molecule has 0 fully saturated rings. The van der Waals surface area contributed by atoms with Crippen molar-refractivity contribution in [2.75, 3.05) is 5.73 Å². The van der Waals surface area contributed by atoms with Crippen LogP contribution in [-0.2, 0) is 5.88 Å². The molecule has 0 aromatic heterocycles. The fourth-order valence-electron chi connectivity index (χ4n) is 1.02. The van der Waals surface area contributed by atoms with Gasteiger partial charge in [-0.05, 0) is 24.6 Å². The first-order valence-electron chi connectivity index (χ1n) is 3.60. The summed E-state index contributed by atoms with van der Waals surface area (Å²) in [6.07, 6.45) is 0. The van der Waals surface area contributed by atoms with Crippen LogP contribution >= 0.6 is 24.0 Å². The molecular weight excluding hydrogens is 209 g/mol. The maximum absolute atomic E-state index is 11.0. The van der Waals surface area contributed by atoms with E-state index in [2.05, 4.69) is 0 Å². The van der Waals surface area contributed by atoms with Gasteiger partial charge in [0, 0.05) is 17.1 Å². The number of Topliss-reactive ketones (excluding diaryl/α,β-unsaturated/α-hetero) is 1. The van der Waals surface area contributed by atoms with Crippen LogP contribution in [0.5, 0.6) is 0 Å². The van der Waals surface area contributed by atoms with Crippen molar-refractivity contribution in [1.82, 2.24) is 0 Å². The second-order valence-corrected chi connectivity index (χ2v) is 2.88. The molecule has 0 aliphatic rings. The van der Waals surface area contributed by atoms with E-state index in [0.29, 0.717) is 17.1 Å². The fourth-order valence-corrected chi connectivity index (χ4v) is 1.18. The van der Waals surface area contributed by atoms with Crippen molar-refractivity contribution in [3.63, 3.8) is 0 Å². The molecule has 1 rings (SSSR count). The third-order valence-corrected chi connectivity index (χ3v) is 1.96. The number of carbonyl (C=O) groups excluding carboxylic acids is 1. The van der Waals surface area contributed by atoms with Gasteiger partial charge in [0.05, 0.1) is 0 Å². The number of halogens is 2. The van der Waals surface area contributed by atoms with Gasteiger partial charge in [-0.2, -0.15) is 0 Å². The van der Waals surface area contributed by atoms with Crippen LogP contribution < -0.4 is 5.73 Å². The highest BCUT2D eigenvalue weighted by atomic mass is 35.5. The molecule has 0 aliphatic carbocycles. The predicted molar refractivity (Wildman–Crippen MR) is 57.7 cm³/mol. The SMILES string of the molecule is CC(=O)c1ccc(CCl)cc1N.Cl. The van der Waals surface area contributed by atoms with Crippen molar-refractivity contribution in [1.29, 1.82) is 0 Å². The molecule has 2 N–H and O–H groups in total. The van der Waals surface area contributed by atoms with Gasteiger partial charge in [-0.1, -0.05) is 6.07 Å².